The lowest BCUT2D eigenvalue weighted by molar-refractivity contribution is -0.114. The van der Waals surface area contributed by atoms with Gasteiger partial charge in [0.25, 0.3) is 5.91 Å². The summed E-state index contributed by atoms with van der Waals surface area (Å²) in [4.78, 5) is 24.3. The summed E-state index contributed by atoms with van der Waals surface area (Å²) in [6.45, 7) is 4.89. The van der Waals surface area contributed by atoms with Crippen LogP contribution >= 0.6 is 0 Å². The van der Waals surface area contributed by atoms with Crippen LogP contribution in [0.1, 0.15) is 10.4 Å². The fourth-order valence-corrected chi connectivity index (χ4v) is 2.36. The zero-order valence-electron chi connectivity index (χ0n) is 15.9. The summed E-state index contributed by atoms with van der Waals surface area (Å²) < 4.78 is 10.4. The van der Waals surface area contributed by atoms with Crippen molar-refractivity contribution in [2.45, 2.75) is 0 Å². The first-order valence-corrected chi connectivity index (χ1v) is 8.87. The second-order valence-corrected chi connectivity index (χ2v) is 5.83. The minimum atomic E-state index is -0.232. The van der Waals surface area contributed by atoms with E-state index in [4.69, 9.17) is 9.47 Å². The summed E-state index contributed by atoms with van der Waals surface area (Å²) in [6.07, 6.45) is 1.64. The molecule has 7 heteroatoms. The van der Waals surface area contributed by atoms with Crippen LogP contribution in [0.25, 0.3) is 0 Å². The summed E-state index contributed by atoms with van der Waals surface area (Å²) >= 11 is 0. The van der Waals surface area contributed by atoms with Crippen LogP contribution in [-0.2, 0) is 9.53 Å². The lowest BCUT2D eigenvalue weighted by atomic mass is 10.2. The molecule has 7 nitrogen and oxygen atoms in total. The number of carbonyl (C=O) groups excluding carboxylic acids is 2. The average Bonchev–Trinajstić information content (AvgIpc) is 2.72. The van der Waals surface area contributed by atoms with E-state index in [0.29, 0.717) is 42.4 Å². The highest BCUT2D eigenvalue weighted by atomic mass is 16.5. The fourth-order valence-electron chi connectivity index (χ4n) is 2.36. The van der Waals surface area contributed by atoms with Crippen molar-refractivity contribution in [3.05, 3.63) is 66.7 Å². The van der Waals surface area contributed by atoms with Crippen molar-refractivity contribution in [3.63, 3.8) is 0 Å². The Morgan fingerprint density at radius 3 is 2.75 bits per heavy atom. The first-order chi connectivity index (χ1) is 13.6. The molecule has 0 aliphatic carbocycles. The van der Waals surface area contributed by atoms with Crippen LogP contribution in [0.5, 0.6) is 5.75 Å². The number of hydrogen-bond donors (Lipinski definition) is 3. The van der Waals surface area contributed by atoms with E-state index in [1.54, 1.807) is 49.6 Å². The minimum absolute atomic E-state index is 0.0462. The van der Waals surface area contributed by atoms with Crippen LogP contribution in [0.2, 0.25) is 0 Å². The summed E-state index contributed by atoms with van der Waals surface area (Å²) in [6, 6.07) is 14.1. The molecule has 0 bridgehead atoms. The van der Waals surface area contributed by atoms with E-state index >= 15 is 0 Å². The van der Waals surface area contributed by atoms with Crippen molar-refractivity contribution in [3.8, 4) is 5.75 Å². The van der Waals surface area contributed by atoms with Gasteiger partial charge in [-0.1, -0.05) is 30.9 Å². The largest absolute Gasteiger partial charge is 0.487 e. The Hall–Kier alpha value is -3.32. The topological polar surface area (TPSA) is 88.7 Å². The highest BCUT2D eigenvalue weighted by molar-refractivity contribution is 5.96. The molecule has 0 aliphatic rings. The van der Waals surface area contributed by atoms with Gasteiger partial charge in [-0.2, -0.15) is 0 Å². The number of benzene rings is 2. The zero-order chi connectivity index (χ0) is 20.2. The van der Waals surface area contributed by atoms with E-state index < -0.39 is 0 Å². The predicted octanol–water partition coefficient (Wildman–Crippen LogP) is 2.68. The quantitative estimate of drug-likeness (QED) is 0.410. The number of nitrogens with one attached hydrogen (secondary N) is 3. The lowest BCUT2D eigenvalue weighted by Crippen LogP contribution is -2.27. The molecule has 2 aromatic carbocycles. The lowest BCUT2D eigenvalue weighted by Gasteiger charge is -2.12. The standard InChI is InChI=1S/C21H25N3O4/c1-3-12-28-19-10-5-4-9-18(19)24-20(25)15-23-17-8-6-7-16(14-17)21(26)22-11-13-27-2/h3-10,14,23H,1,11-13,15H2,2H3,(H,22,26)(H,24,25). The first-order valence-electron chi connectivity index (χ1n) is 8.87. The maximum atomic E-state index is 12.3. The molecule has 0 atom stereocenters. The highest BCUT2D eigenvalue weighted by Gasteiger charge is 2.09. The minimum Gasteiger partial charge on any atom is -0.487 e. The normalized spacial score (nSPS) is 10.0. The molecule has 0 aromatic heterocycles. The molecule has 0 saturated heterocycles. The number of carbonyl (C=O) groups is 2. The molecule has 0 unspecified atom stereocenters. The van der Waals surface area contributed by atoms with Crippen molar-refractivity contribution in [2.24, 2.45) is 0 Å². The Balaban J connectivity index is 1.90. The molecular formula is C21H25N3O4. The molecule has 2 rings (SSSR count). The first kappa shape index (κ1) is 21.0. The van der Waals surface area contributed by atoms with Gasteiger partial charge in [0.1, 0.15) is 12.4 Å². The number of anilines is 2. The van der Waals surface area contributed by atoms with Crippen molar-refractivity contribution in [1.82, 2.24) is 5.32 Å². The third-order valence-corrected chi connectivity index (χ3v) is 3.69. The third-order valence-electron chi connectivity index (χ3n) is 3.69. The average molecular weight is 383 g/mol. The maximum Gasteiger partial charge on any atom is 0.251 e. The van der Waals surface area contributed by atoms with E-state index in [1.807, 2.05) is 12.1 Å². The molecule has 0 radical (unpaired) electrons. The van der Waals surface area contributed by atoms with E-state index in [2.05, 4.69) is 22.5 Å². The predicted molar refractivity (Wildman–Crippen MR) is 110 cm³/mol. The van der Waals surface area contributed by atoms with Gasteiger partial charge in [-0.25, -0.2) is 0 Å². The number of rotatable bonds is 11. The van der Waals surface area contributed by atoms with E-state index in [-0.39, 0.29) is 18.4 Å². The number of para-hydroxylation sites is 2. The summed E-state index contributed by atoms with van der Waals surface area (Å²) in [5, 5.41) is 8.58. The second kappa shape index (κ2) is 11.4. The molecular weight excluding hydrogens is 358 g/mol. The van der Waals surface area contributed by atoms with Gasteiger partial charge < -0.3 is 25.4 Å². The molecule has 0 heterocycles. The summed E-state index contributed by atoms with van der Waals surface area (Å²) in [7, 11) is 1.58. The van der Waals surface area contributed by atoms with Crippen molar-refractivity contribution in [1.29, 1.82) is 0 Å². The molecule has 0 spiro atoms. The van der Waals surface area contributed by atoms with E-state index in [0.717, 1.165) is 0 Å². The van der Waals surface area contributed by atoms with Crippen molar-refractivity contribution < 1.29 is 19.1 Å². The molecule has 0 aliphatic heterocycles. The molecule has 3 N–H and O–H groups in total. The fraction of sp³-hybridized carbons (Fsp3) is 0.238. The SMILES string of the molecule is C=CCOc1ccccc1NC(=O)CNc1cccc(C(=O)NCCOC)c1. The van der Waals surface area contributed by atoms with Crippen LogP contribution in [0, 0.1) is 0 Å². The van der Waals surface area contributed by atoms with Gasteiger partial charge in [-0.15, -0.1) is 0 Å². The Morgan fingerprint density at radius 1 is 1.14 bits per heavy atom. The van der Waals surface area contributed by atoms with Gasteiger partial charge in [0.15, 0.2) is 0 Å². The molecule has 148 valence electrons. The maximum absolute atomic E-state index is 12.3. The monoisotopic (exact) mass is 383 g/mol. The zero-order valence-corrected chi connectivity index (χ0v) is 15.9. The number of hydrogen-bond acceptors (Lipinski definition) is 5. The van der Waals surface area contributed by atoms with Crippen LogP contribution in [0.3, 0.4) is 0 Å². The Kier molecular flexibility index (Phi) is 8.55. The summed E-state index contributed by atoms with van der Waals surface area (Å²) in [5.74, 6) is 0.147. The van der Waals surface area contributed by atoms with E-state index in [9.17, 15) is 9.59 Å². The number of amides is 2. The van der Waals surface area contributed by atoms with Gasteiger partial charge in [-0.05, 0) is 30.3 Å². The van der Waals surface area contributed by atoms with Crippen molar-refractivity contribution >= 4 is 23.2 Å². The molecule has 0 fully saturated rings. The Morgan fingerprint density at radius 2 is 1.96 bits per heavy atom. The third kappa shape index (κ3) is 6.77. The van der Waals surface area contributed by atoms with E-state index in [1.165, 1.54) is 0 Å². The van der Waals surface area contributed by atoms with Gasteiger partial charge >= 0.3 is 0 Å². The van der Waals surface area contributed by atoms with Crippen LogP contribution in [-0.4, -0.2) is 45.2 Å². The molecule has 0 saturated carbocycles. The van der Waals surface area contributed by atoms with Gasteiger partial charge in [-0.3, -0.25) is 9.59 Å². The van der Waals surface area contributed by atoms with Crippen LogP contribution < -0.4 is 20.7 Å². The molecule has 2 amide bonds. The molecule has 2 aromatic rings. The van der Waals surface area contributed by atoms with Gasteiger partial charge in [0.2, 0.25) is 5.91 Å². The Bertz CT molecular complexity index is 808. The van der Waals surface area contributed by atoms with Gasteiger partial charge in [0.05, 0.1) is 18.8 Å². The van der Waals surface area contributed by atoms with Crippen molar-refractivity contribution in [2.75, 3.05) is 44.0 Å². The smallest absolute Gasteiger partial charge is 0.251 e. The number of methoxy groups -OCH3 is 1. The summed E-state index contributed by atoms with van der Waals surface area (Å²) in [5.41, 5.74) is 1.76. The highest BCUT2D eigenvalue weighted by Crippen LogP contribution is 2.23. The van der Waals surface area contributed by atoms with Gasteiger partial charge in [0, 0.05) is 24.9 Å². The Labute approximate surface area is 164 Å². The van der Waals surface area contributed by atoms with Crippen LogP contribution in [0.15, 0.2) is 61.2 Å². The van der Waals surface area contributed by atoms with Crippen LogP contribution in [0.4, 0.5) is 11.4 Å². The second-order valence-electron chi connectivity index (χ2n) is 5.83. The molecule has 28 heavy (non-hydrogen) atoms. The number of ether oxygens (including phenoxy) is 2.